The van der Waals surface area contributed by atoms with Gasteiger partial charge in [-0.3, -0.25) is 5.10 Å². The van der Waals surface area contributed by atoms with Crippen LogP contribution in [0.25, 0.3) is 11.3 Å². The number of halogens is 2. The van der Waals surface area contributed by atoms with Crippen molar-refractivity contribution in [1.29, 1.82) is 0 Å². The maximum absolute atomic E-state index is 5.84. The highest BCUT2D eigenvalue weighted by molar-refractivity contribution is 9.10. The summed E-state index contributed by atoms with van der Waals surface area (Å²) in [6.07, 6.45) is 0. The van der Waals surface area contributed by atoms with Gasteiger partial charge in [0, 0.05) is 17.1 Å². The number of aromatic amines is 1. The van der Waals surface area contributed by atoms with Gasteiger partial charge in [-0.15, -0.1) is 0 Å². The van der Waals surface area contributed by atoms with Crippen LogP contribution in [0.3, 0.4) is 0 Å². The van der Waals surface area contributed by atoms with Crippen LogP contribution in [0.4, 0.5) is 0 Å². The minimum atomic E-state index is 0.728. The maximum Gasteiger partial charge on any atom is 0.107 e. The summed E-state index contributed by atoms with van der Waals surface area (Å²) in [7, 11) is 1.90. The second kappa shape index (κ2) is 4.99. The first-order chi connectivity index (χ1) is 7.72. The summed E-state index contributed by atoms with van der Waals surface area (Å²) in [5, 5.41) is 11.1. The molecule has 0 fully saturated rings. The largest absolute Gasteiger partial charge is 0.314 e. The molecule has 5 heteroatoms. The smallest absolute Gasteiger partial charge is 0.107 e. The fourth-order valence-electron chi connectivity index (χ4n) is 1.46. The van der Waals surface area contributed by atoms with Crippen LogP contribution in [0.15, 0.2) is 28.7 Å². The van der Waals surface area contributed by atoms with E-state index in [4.69, 9.17) is 11.6 Å². The first-order valence-corrected chi connectivity index (χ1v) is 6.02. The number of hydrogen-bond donors (Lipinski definition) is 2. The normalized spacial score (nSPS) is 10.7. The fourth-order valence-corrected chi connectivity index (χ4v) is 2.13. The SMILES string of the molecule is CNCc1[nH]nc(-c2ccc(Cl)cc2)c1Br. The predicted molar refractivity (Wildman–Crippen MR) is 69.5 cm³/mol. The molecule has 1 aromatic heterocycles. The predicted octanol–water partition coefficient (Wildman–Crippen LogP) is 3.21. The van der Waals surface area contributed by atoms with E-state index >= 15 is 0 Å². The molecule has 0 amide bonds. The summed E-state index contributed by atoms with van der Waals surface area (Å²) in [4.78, 5) is 0. The van der Waals surface area contributed by atoms with Gasteiger partial charge in [0.05, 0.1) is 10.2 Å². The van der Waals surface area contributed by atoms with Gasteiger partial charge in [0.15, 0.2) is 0 Å². The topological polar surface area (TPSA) is 40.7 Å². The van der Waals surface area contributed by atoms with Crippen molar-refractivity contribution in [3.8, 4) is 11.3 Å². The number of H-pyrrole nitrogens is 1. The third-order valence-corrected chi connectivity index (χ3v) is 3.35. The van der Waals surface area contributed by atoms with Crippen molar-refractivity contribution in [2.75, 3.05) is 7.05 Å². The molecule has 1 aromatic carbocycles. The van der Waals surface area contributed by atoms with Gasteiger partial charge in [0.2, 0.25) is 0 Å². The number of rotatable bonds is 3. The lowest BCUT2D eigenvalue weighted by Crippen LogP contribution is -2.05. The van der Waals surface area contributed by atoms with E-state index in [2.05, 4.69) is 31.4 Å². The Bertz CT molecular complexity index is 478. The Morgan fingerprint density at radius 1 is 1.38 bits per heavy atom. The van der Waals surface area contributed by atoms with E-state index in [0.717, 1.165) is 33.0 Å². The second-order valence-corrected chi connectivity index (χ2v) is 4.63. The summed E-state index contributed by atoms with van der Waals surface area (Å²) in [6, 6.07) is 7.62. The molecule has 0 unspecified atom stereocenters. The molecule has 0 saturated carbocycles. The Labute approximate surface area is 107 Å². The lowest BCUT2D eigenvalue weighted by molar-refractivity contribution is 0.781. The molecule has 0 atom stereocenters. The summed E-state index contributed by atoms with van der Waals surface area (Å²) in [6.45, 7) is 0.751. The van der Waals surface area contributed by atoms with Crippen molar-refractivity contribution in [3.05, 3.63) is 39.5 Å². The highest BCUT2D eigenvalue weighted by Gasteiger charge is 2.11. The van der Waals surface area contributed by atoms with Crippen LogP contribution in [0.2, 0.25) is 5.02 Å². The molecule has 0 radical (unpaired) electrons. The Balaban J connectivity index is 2.37. The molecule has 16 heavy (non-hydrogen) atoms. The quantitative estimate of drug-likeness (QED) is 0.914. The highest BCUT2D eigenvalue weighted by atomic mass is 79.9. The van der Waals surface area contributed by atoms with Crippen molar-refractivity contribution in [2.24, 2.45) is 0 Å². The molecule has 0 aliphatic heterocycles. The van der Waals surface area contributed by atoms with E-state index in [1.165, 1.54) is 0 Å². The minimum Gasteiger partial charge on any atom is -0.314 e. The van der Waals surface area contributed by atoms with E-state index in [1.807, 2.05) is 31.3 Å². The zero-order chi connectivity index (χ0) is 11.5. The fraction of sp³-hybridized carbons (Fsp3) is 0.182. The van der Waals surface area contributed by atoms with Crippen LogP contribution in [-0.4, -0.2) is 17.2 Å². The number of nitrogens with one attached hydrogen (secondary N) is 2. The van der Waals surface area contributed by atoms with E-state index in [-0.39, 0.29) is 0 Å². The van der Waals surface area contributed by atoms with Crippen LogP contribution < -0.4 is 5.32 Å². The lowest BCUT2D eigenvalue weighted by atomic mass is 10.1. The van der Waals surface area contributed by atoms with Gasteiger partial charge in [0.1, 0.15) is 5.69 Å². The molecule has 84 valence electrons. The van der Waals surface area contributed by atoms with E-state index in [0.29, 0.717) is 0 Å². The van der Waals surface area contributed by atoms with E-state index < -0.39 is 0 Å². The van der Waals surface area contributed by atoms with Crippen molar-refractivity contribution >= 4 is 27.5 Å². The maximum atomic E-state index is 5.84. The minimum absolute atomic E-state index is 0.728. The molecule has 0 saturated heterocycles. The summed E-state index contributed by atoms with van der Waals surface area (Å²) < 4.78 is 0.990. The van der Waals surface area contributed by atoms with E-state index in [1.54, 1.807) is 0 Å². The Kier molecular flexibility index (Phi) is 3.63. The first-order valence-electron chi connectivity index (χ1n) is 4.85. The third-order valence-electron chi connectivity index (χ3n) is 2.25. The standard InChI is InChI=1S/C11H11BrClN3/c1-14-6-9-10(12)11(16-15-9)7-2-4-8(13)5-3-7/h2-5,14H,6H2,1H3,(H,15,16). The number of benzene rings is 1. The van der Waals surface area contributed by atoms with Gasteiger partial charge in [-0.2, -0.15) is 5.10 Å². The average Bonchev–Trinajstić information content (AvgIpc) is 2.63. The average molecular weight is 301 g/mol. The monoisotopic (exact) mass is 299 g/mol. The first kappa shape index (κ1) is 11.6. The molecule has 3 nitrogen and oxygen atoms in total. The second-order valence-electron chi connectivity index (χ2n) is 3.40. The summed E-state index contributed by atoms with van der Waals surface area (Å²) >= 11 is 9.38. The molecule has 0 bridgehead atoms. The van der Waals surface area contributed by atoms with Crippen LogP contribution in [-0.2, 0) is 6.54 Å². The molecular formula is C11H11BrClN3. The van der Waals surface area contributed by atoms with E-state index in [9.17, 15) is 0 Å². The van der Waals surface area contributed by atoms with Gasteiger partial charge in [-0.1, -0.05) is 23.7 Å². The molecule has 2 N–H and O–H groups in total. The van der Waals surface area contributed by atoms with Gasteiger partial charge < -0.3 is 5.32 Å². The van der Waals surface area contributed by atoms with Gasteiger partial charge >= 0.3 is 0 Å². The van der Waals surface area contributed by atoms with Crippen molar-refractivity contribution in [1.82, 2.24) is 15.5 Å². The molecule has 0 aliphatic carbocycles. The molecule has 0 spiro atoms. The zero-order valence-corrected chi connectivity index (χ0v) is 11.1. The molecule has 0 aliphatic rings. The van der Waals surface area contributed by atoms with Gasteiger partial charge in [0.25, 0.3) is 0 Å². The number of nitrogens with zero attached hydrogens (tertiary/aromatic N) is 1. The highest BCUT2D eigenvalue weighted by Crippen LogP contribution is 2.29. The van der Waals surface area contributed by atoms with Crippen molar-refractivity contribution < 1.29 is 0 Å². The molecule has 1 heterocycles. The van der Waals surface area contributed by atoms with Crippen LogP contribution in [0.1, 0.15) is 5.69 Å². The summed E-state index contributed by atoms with van der Waals surface area (Å²) in [5.41, 5.74) is 2.98. The van der Waals surface area contributed by atoms with Crippen LogP contribution in [0.5, 0.6) is 0 Å². The van der Waals surface area contributed by atoms with Gasteiger partial charge in [-0.05, 0) is 35.1 Å². The molecule has 2 aromatic rings. The number of hydrogen-bond acceptors (Lipinski definition) is 2. The Morgan fingerprint density at radius 3 is 2.69 bits per heavy atom. The van der Waals surface area contributed by atoms with Gasteiger partial charge in [-0.25, -0.2) is 0 Å². The van der Waals surface area contributed by atoms with Crippen LogP contribution in [0, 0.1) is 0 Å². The van der Waals surface area contributed by atoms with Crippen molar-refractivity contribution in [3.63, 3.8) is 0 Å². The molecular weight excluding hydrogens is 289 g/mol. The zero-order valence-electron chi connectivity index (χ0n) is 8.72. The number of aromatic nitrogens is 2. The summed E-state index contributed by atoms with van der Waals surface area (Å²) in [5.74, 6) is 0. The Hall–Kier alpha value is -0.840. The van der Waals surface area contributed by atoms with Crippen LogP contribution >= 0.6 is 27.5 Å². The third kappa shape index (κ3) is 2.29. The van der Waals surface area contributed by atoms with Crippen molar-refractivity contribution in [2.45, 2.75) is 6.54 Å². The molecule has 2 rings (SSSR count). The Morgan fingerprint density at radius 2 is 2.06 bits per heavy atom. The lowest BCUT2D eigenvalue weighted by Gasteiger charge is -1.99.